The molecule has 0 bridgehead atoms. The van der Waals surface area contributed by atoms with Crippen molar-refractivity contribution >= 4 is 15.5 Å². The van der Waals surface area contributed by atoms with Crippen LogP contribution in [0.15, 0.2) is 52.3 Å². The molecule has 0 radical (unpaired) electrons. The van der Waals surface area contributed by atoms with Crippen LogP contribution in [0.4, 0.5) is 18.9 Å². The molecule has 0 amide bonds. The predicted octanol–water partition coefficient (Wildman–Crippen LogP) is 4.56. The summed E-state index contributed by atoms with van der Waals surface area (Å²) in [6.45, 7) is 5.14. The van der Waals surface area contributed by atoms with Gasteiger partial charge in [-0.15, -0.1) is 0 Å². The molecule has 2 atom stereocenters. The smallest absolute Gasteiger partial charge is 0.371 e. The molecular weight excluding hydrogens is 413 g/mol. The third-order valence-corrected chi connectivity index (χ3v) is 8.25. The molecular formula is C22H25F3N2O2S. The fraction of sp³-hybridized carbons (Fsp3) is 0.455. The molecule has 1 saturated heterocycles. The Hall–Kier alpha value is -2.06. The summed E-state index contributed by atoms with van der Waals surface area (Å²) in [5, 5.41) is 0. The molecule has 0 aromatic heterocycles. The highest BCUT2D eigenvalue weighted by molar-refractivity contribution is 7.91. The van der Waals surface area contributed by atoms with Gasteiger partial charge in [-0.05, 0) is 74.0 Å². The van der Waals surface area contributed by atoms with Crippen molar-refractivity contribution in [3.63, 3.8) is 0 Å². The summed E-state index contributed by atoms with van der Waals surface area (Å²) in [6.07, 6.45) is -2.52. The third-order valence-electron chi connectivity index (χ3n) is 6.49. The molecule has 2 heterocycles. The summed E-state index contributed by atoms with van der Waals surface area (Å²) in [7, 11) is -1.85. The Morgan fingerprint density at radius 1 is 1.00 bits per heavy atom. The van der Waals surface area contributed by atoms with E-state index in [1.54, 1.807) is 12.1 Å². The van der Waals surface area contributed by atoms with Gasteiger partial charge < -0.3 is 9.80 Å². The number of nitrogens with zero attached hydrogens (tertiary/aromatic N) is 2. The molecule has 30 heavy (non-hydrogen) atoms. The van der Waals surface area contributed by atoms with Crippen LogP contribution in [0.1, 0.15) is 36.8 Å². The lowest BCUT2D eigenvalue weighted by Gasteiger charge is -2.25. The molecule has 1 fully saturated rings. The SMILES string of the molecule is CCN1CC[C@@H]2c3cc(S(=O)(=O)c4ccc(C(F)(F)F)cc4)ccc3N(C)[C@@H]2CC1. The number of benzene rings is 2. The van der Waals surface area contributed by atoms with Crippen LogP contribution in [0.5, 0.6) is 0 Å². The molecule has 8 heteroatoms. The molecule has 162 valence electrons. The Labute approximate surface area is 175 Å². The summed E-state index contributed by atoms with van der Waals surface area (Å²) >= 11 is 0. The zero-order valence-corrected chi connectivity index (χ0v) is 17.8. The number of alkyl halides is 3. The summed E-state index contributed by atoms with van der Waals surface area (Å²) in [5.74, 6) is 0.254. The van der Waals surface area contributed by atoms with Crippen molar-refractivity contribution < 1.29 is 21.6 Å². The van der Waals surface area contributed by atoms with Crippen molar-refractivity contribution in [2.45, 2.75) is 47.7 Å². The van der Waals surface area contributed by atoms with E-state index in [0.29, 0.717) is 6.04 Å². The number of sulfone groups is 1. The quantitative estimate of drug-likeness (QED) is 0.705. The molecule has 0 spiro atoms. The standard InChI is InChI=1S/C22H25F3N2O2S/c1-3-27-12-10-18-19-14-17(8-9-20(19)26(2)21(18)11-13-27)30(28,29)16-6-4-15(5-7-16)22(23,24)25/h4-9,14,18,21H,3,10-13H2,1-2H3/t18-,21-/m1/s1. The highest BCUT2D eigenvalue weighted by Crippen LogP contribution is 2.45. The van der Waals surface area contributed by atoms with E-state index in [-0.39, 0.29) is 15.7 Å². The third kappa shape index (κ3) is 3.60. The van der Waals surface area contributed by atoms with Gasteiger partial charge >= 0.3 is 6.18 Å². The Balaban J connectivity index is 1.68. The van der Waals surface area contributed by atoms with E-state index in [0.717, 1.165) is 68.0 Å². The Morgan fingerprint density at radius 3 is 2.27 bits per heavy atom. The maximum absolute atomic E-state index is 13.1. The number of halogens is 3. The first kappa shape index (κ1) is 21.2. The Kier molecular flexibility index (Phi) is 5.34. The van der Waals surface area contributed by atoms with Gasteiger partial charge in [0, 0.05) is 31.2 Å². The molecule has 4 nitrogen and oxygen atoms in total. The first-order valence-electron chi connectivity index (χ1n) is 10.1. The number of likely N-dealkylation sites (N-methyl/N-ethyl adjacent to an activating group) is 1. The minimum atomic E-state index is -4.50. The summed E-state index contributed by atoms with van der Waals surface area (Å²) in [6, 6.07) is 9.15. The molecule has 2 aliphatic heterocycles. The molecule has 0 saturated carbocycles. The van der Waals surface area contributed by atoms with E-state index in [1.807, 2.05) is 6.07 Å². The molecule has 2 aromatic carbocycles. The van der Waals surface area contributed by atoms with Gasteiger partial charge in [0.1, 0.15) is 0 Å². The van der Waals surface area contributed by atoms with Crippen LogP contribution in [0.3, 0.4) is 0 Å². The molecule has 2 aromatic rings. The number of likely N-dealkylation sites (tertiary alicyclic amines) is 1. The van der Waals surface area contributed by atoms with Crippen molar-refractivity contribution in [1.29, 1.82) is 0 Å². The largest absolute Gasteiger partial charge is 0.416 e. The zero-order chi connectivity index (χ0) is 21.7. The number of anilines is 1. The van der Waals surface area contributed by atoms with Gasteiger partial charge in [-0.1, -0.05) is 6.92 Å². The van der Waals surface area contributed by atoms with E-state index in [1.165, 1.54) is 0 Å². The lowest BCUT2D eigenvalue weighted by atomic mass is 9.91. The normalized spacial score (nSPS) is 22.5. The van der Waals surface area contributed by atoms with Gasteiger partial charge in [-0.25, -0.2) is 8.42 Å². The van der Waals surface area contributed by atoms with Gasteiger partial charge in [-0.2, -0.15) is 13.2 Å². The molecule has 0 N–H and O–H groups in total. The van der Waals surface area contributed by atoms with Crippen molar-refractivity contribution in [2.24, 2.45) is 0 Å². The highest BCUT2D eigenvalue weighted by Gasteiger charge is 2.39. The minimum absolute atomic E-state index is 0.128. The minimum Gasteiger partial charge on any atom is -0.371 e. The number of rotatable bonds is 3. The zero-order valence-electron chi connectivity index (χ0n) is 17.0. The van der Waals surface area contributed by atoms with Gasteiger partial charge in [-0.3, -0.25) is 0 Å². The van der Waals surface area contributed by atoms with E-state index < -0.39 is 21.6 Å². The predicted molar refractivity (Wildman–Crippen MR) is 110 cm³/mol. The Bertz CT molecular complexity index is 1040. The fourth-order valence-electron chi connectivity index (χ4n) is 4.74. The van der Waals surface area contributed by atoms with Crippen molar-refractivity contribution in [3.8, 4) is 0 Å². The summed E-state index contributed by atoms with van der Waals surface area (Å²) < 4.78 is 64.6. The van der Waals surface area contributed by atoms with Crippen LogP contribution < -0.4 is 4.90 Å². The van der Waals surface area contributed by atoms with Gasteiger partial charge in [0.25, 0.3) is 0 Å². The monoisotopic (exact) mass is 438 g/mol. The highest BCUT2D eigenvalue weighted by atomic mass is 32.2. The van der Waals surface area contributed by atoms with Crippen LogP contribution in [0, 0.1) is 0 Å². The van der Waals surface area contributed by atoms with Gasteiger partial charge in [0.2, 0.25) is 9.84 Å². The van der Waals surface area contributed by atoms with Crippen LogP contribution in [-0.2, 0) is 16.0 Å². The number of hydrogen-bond donors (Lipinski definition) is 0. The van der Waals surface area contributed by atoms with E-state index >= 15 is 0 Å². The first-order valence-corrected chi connectivity index (χ1v) is 11.6. The average Bonchev–Trinajstić information content (AvgIpc) is 2.86. The van der Waals surface area contributed by atoms with Crippen LogP contribution in [-0.4, -0.2) is 46.0 Å². The fourth-order valence-corrected chi connectivity index (χ4v) is 6.04. The summed E-state index contributed by atoms with van der Waals surface area (Å²) in [4.78, 5) is 4.66. The molecule has 0 unspecified atom stereocenters. The first-order chi connectivity index (χ1) is 14.1. The Morgan fingerprint density at radius 2 is 1.63 bits per heavy atom. The second kappa shape index (κ2) is 7.57. The van der Waals surface area contributed by atoms with Crippen molar-refractivity contribution in [2.75, 3.05) is 31.6 Å². The lowest BCUT2D eigenvalue weighted by Crippen LogP contribution is -2.31. The number of fused-ring (bicyclic) bond motifs is 3. The van der Waals surface area contributed by atoms with Crippen LogP contribution >= 0.6 is 0 Å². The maximum atomic E-state index is 13.1. The van der Waals surface area contributed by atoms with E-state index in [2.05, 4.69) is 23.8 Å². The van der Waals surface area contributed by atoms with Crippen LogP contribution in [0.2, 0.25) is 0 Å². The van der Waals surface area contributed by atoms with E-state index in [9.17, 15) is 21.6 Å². The number of hydrogen-bond acceptors (Lipinski definition) is 4. The molecule has 2 aliphatic rings. The molecule has 4 rings (SSSR count). The second-order valence-corrected chi connectivity index (χ2v) is 9.99. The summed E-state index contributed by atoms with van der Waals surface area (Å²) in [5.41, 5.74) is 1.20. The second-order valence-electron chi connectivity index (χ2n) is 8.04. The maximum Gasteiger partial charge on any atom is 0.416 e. The van der Waals surface area contributed by atoms with Crippen molar-refractivity contribution in [1.82, 2.24) is 4.90 Å². The van der Waals surface area contributed by atoms with Crippen LogP contribution in [0.25, 0.3) is 0 Å². The average molecular weight is 439 g/mol. The van der Waals surface area contributed by atoms with Gasteiger partial charge in [0.15, 0.2) is 0 Å². The van der Waals surface area contributed by atoms with Crippen molar-refractivity contribution in [3.05, 3.63) is 53.6 Å². The van der Waals surface area contributed by atoms with Gasteiger partial charge in [0.05, 0.1) is 15.4 Å². The lowest BCUT2D eigenvalue weighted by molar-refractivity contribution is -0.137. The van der Waals surface area contributed by atoms with E-state index in [4.69, 9.17) is 0 Å². The topological polar surface area (TPSA) is 40.6 Å². The molecule has 0 aliphatic carbocycles.